The van der Waals surface area contributed by atoms with Gasteiger partial charge in [-0.05, 0) is 43.2 Å². The van der Waals surface area contributed by atoms with Crippen molar-refractivity contribution in [3.63, 3.8) is 0 Å². The Balaban J connectivity index is 1.72. The zero-order valence-electron chi connectivity index (χ0n) is 13.3. The van der Waals surface area contributed by atoms with E-state index in [1.807, 2.05) is 11.3 Å². The lowest BCUT2D eigenvalue weighted by molar-refractivity contribution is 0.356. The number of nitrogens with two attached hydrogens (primary N) is 1. The van der Waals surface area contributed by atoms with Gasteiger partial charge < -0.3 is 11.1 Å². The van der Waals surface area contributed by atoms with Crippen LogP contribution in [0.15, 0.2) is 24.3 Å². The largest absolute Gasteiger partial charge is 0.368 e. The molecule has 124 valence electrons. The van der Waals surface area contributed by atoms with Gasteiger partial charge in [-0.2, -0.15) is 15.0 Å². The molecule has 3 N–H and O–H groups in total. The lowest BCUT2D eigenvalue weighted by Gasteiger charge is -2.24. The third-order valence-corrected chi connectivity index (χ3v) is 5.53. The number of aryl methyl sites for hydroxylation is 1. The highest BCUT2D eigenvalue weighted by molar-refractivity contribution is 7.19. The van der Waals surface area contributed by atoms with Gasteiger partial charge in [0.1, 0.15) is 0 Å². The number of alkyl halides is 1. The summed E-state index contributed by atoms with van der Waals surface area (Å²) in [6.07, 6.45) is 1.91. The van der Waals surface area contributed by atoms with Crippen LogP contribution in [0.1, 0.15) is 48.2 Å². The van der Waals surface area contributed by atoms with Crippen LogP contribution in [0.25, 0.3) is 10.1 Å². The van der Waals surface area contributed by atoms with Crippen LogP contribution >= 0.6 is 11.3 Å². The molecule has 3 aromatic rings. The molecular weight excluding hydrogens is 325 g/mol. The summed E-state index contributed by atoms with van der Waals surface area (Å²) in [7, 11) is 0. The zero-order valence-corrected chi connectivity index (χ0v) is 14.1. The summed E-state index contributed by atoms with van der Waals surface area (Å²) in [5.41, 5.74) is 7.02. The van der Waals surface area contributed by atoms with E-state index >= 15 is 0 Å². The lowest BCUT2D eigenvalue weighted by atomic mass is 9.91. The van der Waals surface area contributed by atoms with Crippen LogP contribution in [-0.4, -0.2) is 15.0 Å². The summed E-state index contributed by atoms with van der Waals surface area (Å²) in [5.74, 6) is 0.449. The molecule has 0 fully saturated rings. The molecular formula is C17H18FN5S. The number of thiophene rings is 1. The summed E-state index contributed by atoms with van der Waals surface area (Å²) in [4.78, 5) is 13.6. The van der Waals surface area contributed by atoms with Crippen molar-refractivity contribution in [2.45, 2.75) is 38.4 Å². The molecule has 0 spiro atoms. The zero-order chi connectivity index (χ0) is 16.7. The van der Waals surface area contributed by atoms with E-state index in [1.165, 1.54) is 27.5 Å². The molecule has 0 bridgehead atoms. The van der Waals surface area contributed by atoms with Crippen molar-refractivity contribution >= 4 is 33.3 Å². The molecule has 0 saturated carbocycles. The van der Waals surface area contributed by atoms with E-state index in [9.17, 15) is 4.39 Å². The normalized spacial score (nSPS) is 18.3. The summed E-state index contributed by atoms with van der Waals surface area (Å²) in [6.45, 7) is 1.39. The first-order valence-corrected chi connectivity index (χ1v) is 8.86. The molecule has 0 radical (unpaired) electrons. The van der Waals surface area contributed by atoms with Gasteiger partial charge in [-0.15, -0.1) is 11.3 Å². The predicted molar refractivity (Wildman–Crippen MR) is 94.9 cm³/mol. The number of nitrogens with zero attached hydrogens (tertiary/aromatic N) is 3. The van der Waals surface area contributed by atoms with E-state index < -0.39 is 6.17 Å². The average Bonchev–Trinajstić information content (AvgIpc) is 2.93. The minimum Gasteiger partial charge on any atom is -0.368 e. The molecule has 1 unspecified atom stereocenters. The van der Waals surface area contributed by atoms with E-state index in [-0.39, 0.29) is 17.8 Å². The van der Waals surface area contributed by atoms with Crippen LogP contribution in [0, 0.1) is 0 Å². The van der Waals surface area contributed by atoms with E-state index in [0.29, 0.717) is 5.95 Å². The third-order valence-electron chi connectivity index (χ3n) is 4.29. The highest BCUT2D eigenvalue weighted by atomic mass is 32.1. The van der Waals surface area contributed by atoms with Gasteiger partial charge in [0.05, 0.1) is 6.04 Å². The molecule has 0 amide bonds. The van der Waals surface area contributed by atoms with Gasteiger partial charge >= 0.3 is 0 Å². The Hall–Kier alpha value is -2.28. The molecule has 7 heteroatoms. The fraction of sp³-hybridized carbons (Fsp3) is 0.353. The van der Waals surface area contributed by atoms with Crippen molar-refractivity contribution in [2.75, 3.05) is 11.1 Å². The minimum atomic E-state index is -1.28. The summed E-state index contributed by atoms with van der Waals surface area (Å²) < 4.78 is 14.8. The van der Waals surface area contributed by atoms with Crippen molar-refractivity contribution in [1.29, 1.82) is 0 Å². The number of nitrogens with one attached hydrogen (secondary N) is 1. The Morgan fingerprint density at radius 1 is 1.29 bits per heavy atom. The van der Waals surface area contributed by atoms with Crippen molar-refractivity contribution in [3.05, 3.63) is 40.5 Å². The number of aromatic nitrogens is 3. The standard InChI is InChI=1S/C17H18FN5S/c1-9(18)15-21-16(19)23-17(22-15)20-11-6-4-8-13-14(11)10-5-2-3-7-12(10)24-13/h2-3,5,7,9,11H,4,6,8H2,1H3,(H3,19,20,21,22,23)/t9?,11-/m1/s1. The number of hydrogen-bond donors (Lipinski definition) is 2. The van der Waals surface area contributed by atoms with Crippen LogP contribution in [0.5, 0.6) is 0 Å². The summed E-state index contributed by atoms with van der Waals surface area (Å²) in [5, 5.41) is 4.62. The molecule has 2 atom stereocenters. The first kappa shape index (κ1) is 15.3. The van der Waals surface area contributed by atoms with Crippen LogP contribution in [0.2, 0.25) is 0 Å². The number of halogens is 1. The monoisotopic (exact) mass is 343 g/mol. The molecule has 5 nitrogen and oxygen atoms in total. The first-order valence-electron chi connectivity index (χ1n) is 8.04. The SMILES string of the molecule is CC(F)c1nc(N)nc(N[C@@H]2CCCc3sc4ccccc4c32)n1. The number of nitrogen functional groups attached to an aromatic ring is 1. The quantitative estimate of drug-likeness (QED) is 0.746. The van der Waals surface area contributed by atoms with Crippen LogP contribution in [0.3, 0.4) is 0 Å². The average molecular weight is 343 g/mol. The van der Waals surface area contributed by atoms with Crippen LogP contribution in [0.4, 0.5) is 16.3 Å². The van der Waals surface area contributed by atoms with Gasteiger partial charge in [0, 0.05) is 9.58 Å². The number of rotatable bonds is 3. The van der Waals surface area contributed by atoms with Crippen molar-refractivity contribution in [1.82, 2.24) is 15.0 Å². The van der Waals surface area contributed by atoms with Gasteiger partial charge in [0.2, 0.25) is 11.9 Å². The lowest BCUT2D eigenvalue weighted by Crippen LogP contribution is -2.19. The van der Waals surface area contributed by atoms with Gasteiger partial charge in [-0.25, -0.2) is 4.39 Å². The fourth-order valence-corrected chi connectivity index (χ4v) is 4.56. The molecule has 0 saturated heterocycles. The van der Waals surface area contributed by atoms with Crippen molar-refractivity contribution in [2.24, 2.45) is 0 Å². The molecule has 2 heterocycles. The van der Waals surface area contributed by atoms with E-state index in [1.54, 1.807) is 0 Å². The van der Waals surface area contributed by atoms with Crippen molar-refractivity contribution < 1.29 is 4.39 Å². The van der Waals surface area contributed by atoms with Crippen LogP contribution in [-0.2, 0) is 6.42 Å². The van der Waals surface area contributed by atoms with Gasteiger partial charge in [0.15, 0.2) is 12.0 Å². The van der Waals surface area contributed by atoms with E-state index in [4.69, 9.17) is 5.73 Å². The molecule has 4 rings (SSSR count). The second-order valence-corrected chi connectivity index (χ2v) is 7.15. The highest BCUT2D eigenvalue weighted by Crippen LogP contribution is 2.42. The first-order chi connectivity index (χ1) is 11.6. The minimum absolute atomic E-state index is 0.0400. The van der Waals surface area contributed by atoms with Crippen molar-refractivity contribution in [3.8, 4) is 0 Å². The third kappa shape index (κ3) is 2.69. The molecule has 2 aromatic heterocycles. The number of anilines is 2. The van der Waals surface area contributed by atoms with Crippen LogP contribution < -0.4 is 11.1 Å². The maximum absolute atomic E-state index is 13.5. The Labute approximate surface area is 143 Å². The molecule has 1 aromatic carbocycles. The number of fused-ring (bicyclic) bond motifs is 3. The molecule has 24 heavy (non-hydrogen) atoms. The number of hydrogen-bond acceptors (Lipinski definition) is 6. The van der Waals surface area contributed by atoms with E-state index in [2.05, 4.69) is 44.5 Å². The predicted octanol–water partition coefficient (Wildman–Crippen LogP) is 4.19. The second-order valence-electron chi connectivity index (χ2n) is 6.02. The van der Waals surface area contributed by atoms with Gasteiger partial charge in [0.25, 0.3) is 0 Å². The van der Waals surface area contributed by atoms with Gasteiger partial charge in [-0.3, -0.25) is 0 Å². The molecule has 1 aliphatic carbocycles. The number of benzene rings is 1. The van der Waals surface area contributed by atoms with Gasteiger partial charge in [-0.1, -0.05) is 18.2 Å². The maximum Gasteiger partial charge on any atom is 0.228 e. The Morgan fingerprint density at radius 3 is 2.96 bits per heavy atom. The topological polar surface area (TPSA) is 76.7 Å². The summed E-state index contributed by atoms with van der Waals surface area (Å²) >= 11 is 1.85. The molecule has 0 aliphatic heterocycles. The highest BCUT2D eigenvalue weighted by Gasteiger charge is 2.25. The Kier molecular flexibility index (Phi) is 3.80. The second kappa shape index (κ2) is 5.98. The maximum atomic E-state index is 13.5. The Bertz CT molecular complexity index is 892. The Morgan fingerprint density at radius 2 is 2.12 bits per heavy atom. The molecule has 1 aliphatic rings. The smallest absolute Gasteiger partial charge is 0.228 e. The van der Waals surface area contributed by atoms with E-state index in [0.717, 1.165) is 19.3 Å². The summed E-state index contributed by atoms with van der Waals surface area (Å²) in [6, 6.07) is 8.54. The fourth-order valence-electron chi connectivity index (χ4n) is 3.25.